The van der Waals surface area contributed by atoms with Crippen LogP contribution in [0.2, 0.25) is 0 Å². The Bertz CT molecular complexity index is 575. The summed E-state index contributed by atoms with van der Waals surface area (Å²) in [6.07, 6.45) is 0. The minimum absolute atomic E-state index is 0.0817. The minimum atomic E-state index is -0.501. The van der Waals surface area contributed by atoms with Gasteiger partial charge in [0.15, 0.2) is 0 Å². The highest BCUT2D eigenvalue weighted by Crippen LogP contribution is 2.04. The normalized spacial score (nSPS) is 14.2. The first-order valence-electron chi connectivity index (χ1n) is 8.27. The number of hydrogen-bond acceptors (Lipinski definition) is 5. The molecule has 0 unspecified atom stereocenters. The molecule has 0 aliphatic heterocycles. The second kappa shape index (κ2) is 10.5. The lowest BCUT2D eigenvalue weighted by Crippen LogP contribution is -2.48. The number of aliphatic hydroxyl groups excluding tert-OH is 1. The second-order valence-electron chi connectivity index (χ2n) is 5.95. The topological polar surface area (TPSA) is 82.6 Å². The number of rotatable bonds is 11. The molecule has 0 bridgehead atoms. The minimum Gasteiger partial charge on any atom is -0.511 e. The number of hydrogen-bond donors (Lipinski definition) is 4. The summed E-state index contributed by atoms with van der Waals surface area (Å²) >= 11 is 0. The van der Waals surface area contributed by atoms with E-state index >= 15 is 0 Å². The van der Waals surface area contributed by atoms with Gasteiger partial charge in [-0.25, -0.2) is 0 Å². The van der Waals surface area contributed by atoms with E-state index in [2.05, 4.69) is 29.1 Å². The van der Waals surface area contributed by atoms with Crippen molar-refractivity contribution in [1.82, 2.24) is 16.0 Å². The molecule has 0 fully saturated rings. The van der Waals surface area contributed by atoms with Gasteiger partial charge in [0.05, 0.1) is 25.3 Å². The summed E-state index contributed by atoms with van der Waals surface area (Å²) in [6, 6.07) is 8.77. The Labute approximate surface area is 150 Å². The summed E-state index contributed by atoms with van der Waals surface area (Å²) in [7, 11) is 1.81. The molecule has 0 saturated heterocycles. The molecule has 1 aromatic rings. The Kier molecular flexibility index (Phi) is 8.74. The molecule has 3 atom stereocenters. The molecular formula is C19H29N3O3. The number of aliphatic hydroxyl groups is 1. The van der Waals surface area contributed by atoms with Gasteiger partial charge in [-0.1, -0.05) is 43.5 Å². The third kappa shape index (κ3) is 7.41. The fraction of sp³-hybridized carbons (Fsp3) is 0.421. The predicted octanol–water partition coefficient (Wildman–Crippen LogP) is 1.86. The van der Waals surface area contributed by atoms with Crippen molar-refractivity contribution in [3.63, 3.8) is 0 Å². The maximum atomic E-state index is 12.1. The Balaban J connectivity index is 2.43. The lowest BCUT2D eigenvalue weighted by atomic mass is 10.2. The average molecular weight is 347 g/mol. The van der Waals surface area contributed by atoms with Crippen molar-refractivity contribution in [2.75, 3.05) is 13.7 Å². The van der Waals surface area contributed by atoms with Crippen molar-refractivity contribution in [2.24, 2.45) is 0 Å². The van der Waals surface area contributed by atoms with E-state index in [0.29, 0.717) is 18.9 Å². The van der Waals surface area contributed by atoms with Crippen molar-refractivity contribution in [1.29, 1.82) is 0 Å². The van der Waals surface area contributed by atoms with E-state index in [1.165, 1.54) is 0 Å². The smallest absolute Gasteiger partial charge is 0.242 e. The Morgan fingerprint density at radius 3 is 2.36 bits per heavy atom. The van der Waals surface area contributed by atoms with Crippen LogP contribution in [0.1, 0.15) is 19.4 Å². The maximum absolute atomic E-state index is 12.1. The molecule has 25 heavy (non-hydrogen) atoms. The fourth-order valence-electron chi connectivity index (χ4n) is 2.09. The Morgan fingerprint density at radius 2 is 1.80 bits per heavy atom. The van der Waals surface area contributed by atoms with E-state index in [1.807, 2.05) is 37.4 Å². The number of carbonyl (C=O) groups excluding carboxylic acids is 1. The predicted molar refractivity (Wildman–Crippen MR) is 100 cm³/mol. The van der Waals surface area contributed by atoms with E-state index in [1.54, 1.807) is 13.8 Å². The van der Waals surface area contributed by atoms with Crippen LogP contribution in [0.25, 0.3) is 0 Å². The largest absolute Gasteiger partial charge is 0.511 e. The SMILES string of the molecule is C=C(O)[C@@H](C)NC(=O)[C@@H](C)NC(=C)[C@@H](COCc1ccccc1)NC. The molecule has 138 valence electrons. The monoisotopic (exact) mass is 347 g/mol. The third-order valence-electron chi connectivity index (χ3n) is 3.82. The van der Waals surface area contributed by atoms with E-state index in [0.717, 1.165) is 5.56 Å². The van der Waals surface area contributed by atoms with Gasteiger partial charge in [-0.15, -0.1) is 0 Å². The van der Waals surface area contributed by atoms with Crippen molar-refractivity contribution < 1.29 is 14.6 Å². The van der Waals surface area contributed by atoms with E-state index in [4.69, 9.17) is 4.74 Å². The molecule has 1 rings (SSSR count). The first-order chi connectivity index (χ1) is 11.8. The van der Waals surface area contributed by atoms with Gasteiger partial charge < -0.3 is 25.8 Å². The first kappa shape index (κ1) is 20.7. The molecule has 0 radical (unpaired) electrons. The van der Waals surface area contributed by atoms with Gasteiger partial charge in [-0.3, -0.25) is 4.79 Å². The van der Waals surface area contributed by atoms with Crippen LogP contribution in [0, 0.1) is 0 Å². The molecule has 0 aromatic heterocycles. The lowest BCUT2D eigenvalue weighted by Gasteiger charge is -2.24. The molecule has 6 nitrogen and oxygen atoms in total. The van der Waals surface area contributed by atoms with Gasteiger partial charge in [0.25, 0.3) is 0 Å². The van der Waals surface area contributed by atoms with Crippen molar-refractivity contribution in [2.45, 2.75) is 38.6 Å². The molecule has 1 amide bonds. The number of carbonyl (C=O) groups is 1. The van der Waals surface area contributed by atoms with Crippen LogP contribution in [0.15, 0.2) is 54.9 Å². The van der Waals surface area contributed by atoms with Gasteiger partial charge in [-0.2, -0.15) is 0 Å². The zero-order valence-corrected chi connectivity index (χ0v) is 15.2. The zero-order valence-electron chi connectivity index (χ0n) is 15.2. The fourth-order valence-corrected chi connectivity index (χ4v) is 2.09. The summed E-state index contributed by atoms with van der Waals surface area (Å²) in [5.74, 6) is -0.328. The number of ether oxygens (including phenoxy) is 1. The highest BCUT2D eigenvalue weighted by Gasteiger charge is 2.19. The molecule has 1 aromatic carbocycles. The van der Waals surface area contributed by atoms with Crippen LogP contribution >= 0.6 is 0 Å². The molecule has 0 spiro atoms. The number of nitrogens with one attached hydrogen (secondary N) is 3. The molecule has 0 saturated carbocycles. The van der Waals surface area contributed by atoms with E-state index in [9.17, 15) is 9.90 Å². The number of amides is 1. The van der Waals surface area contributed by atoms with Gasteiger partial charge >= 0.3 is 0 Å². The summed E-state index contributed by atoms with van der Waals surface area (Å²) < 4.78 is 5.72. The van der Waals surface area contributed by atoms with E-state index < -0.39 is 12.1 Å². The van der Waals surface area contributed by atoms with Gasteiger partial charge in [0.1, 0.15) is 11.8 Å². The van der Waals surface area contributed by atoms with Crippen LogP contribution in [-0.2, 0) is 16.1 Å². The number of likely N-dealkylation sites (N-methyl/N-ethyl adjacent to an activating group) is 1. The van der Waals surface area contributed by atoms with Crippen molar-refractivity contribution in [3.8, 4) is 0 Å². The highest BCUT2D eigenvalue weighted by atomic mass is 16.5. The standard InChI is InChI=1S/C19H29N3O3/c1-13(16(4)23)22-19(24)15(3)21-14(2)18(20-5)12-25-11-17-9-7-6-8-10-17/h6-10,13,15,18,20-21,23H,2,4,11-12H2,1,3,5H3,(H,22,24)/t13-,15-,18-/m1/s1. The van der Waals surface area contributed by atoms with Crippen LogP contribution in [0.3, 0.4) is 0 Å². The highest BCUT2D eigenvalue weighted by molar-refractivity contribution is 5.82. The van der Waals surface area contributed by atoms with Crippen LogP contribution in [-0.4, -0.2) is 42.8 Å². The zero-order chi connectivity index (χ0) is 18.8. The summed E-state index contributed by atoms with van der Waals surface area (Å²) in [6.45, 7) is 11.7. The van der Waals surface area contributed by atoms with Crippen LogP contribution in [0.5, 0.6) is 0 Å². The Morgan fingerprint density at radius 1 is 1.16 bits per heavy atom. The number of benzene rings is 1. The maximum Gasteiger partial charge on any atom is 0.242 e. The van der Waals surface area contributed by atoms with Crippen molar-refractivity contribution >= 4 is 5.91 Å². The summed E-state index contributed by atoms with van der Waals surface area (Å²) in [4.78, 5) is 12.1. The van der Waals surface area contributed by atoms with Crippen LogP contribution in [0.4, 0.5) is 0 Å². The van der Waals surface area contributed by atoms with Gasteiger partial charge in [0.2, 0.25) is 5.91 Å². The van der Waals surface area contributed by atoms with Crippen molar-refractivity contribution in [3.05, 3.63) is 60.5 Å². The van der Waals surface area contributed by atoms with Crippen LogP contribution < -0.4 is 16.0 Å². The molecule has 4 N–H and O–H groups in total. The third-order valence-corrected chi connectivity index (χ3v) is 3.82. The van der Waals surface area contributed by atoms with Gasteiger partial charge in [-0.05, 0) is 26.5 Å². The summed E-state index contributed by atoms with van der Waals surface area (Å²) in [5.41, 5.74) is 1.76. The first-order valence-corrected chi connectivity index (χ1v) is 8.27. The van der Waals surface area contributed by atoms with E-state index in [-0.39, 0.29) is 17.7 Å². The quantitative estimate of drug-likeness (QED) is 0.459. The molecular weight excluding hydrogens is 318 g/mol. The molecule has 0 aliphatic carbocycles. The summed E-state index contributed by atoms with van der Waals surface area (Å²) in [5, 5.41) is 18.1. The second-order valence-corrected chi connectivity index (χ2v) is 5.95. The molecule has 0 heterocycles. The molecule has 0 aliphatic rings. The van der Waals surface area contributed by atoms with Gasteiger partial charge in [0, 0.05) is 5.70 Å². The molecule has 6 heteroatoms. The lowest BCUT2D eigenvalue weighted by molar-refractivity contribution is -0.123. The average Bonchev–Trinajstić information content (AvgIpc) is 2.59. The Hall–Kier alpha value is -2.31.